The Morgan fingerprint density at radius 1 is 1.07 bits per heavy atom. The fourth-order valence-corrected chi connectivity index (χ4v) is 3.28. The molecule has 0 spiro atoms. The minimum absolute atomic E-state index is 0.120. The monoisotopic (exact) mass is 363 g/mol. The van der Waals surface area contributed by atoms with E-state index in [1.165, 1.54) is 10.6 Å². The lowest BCUT2D eigenvalue weighted by atomic mass is 9.97. The smallest absolute Gasteiger partial charge is 0.243 e. The third-order valence-electron chi connectivity index (χ3n) is 4.82. The minimum Gasteiger partial charge on any atom is -0.550 e. The van der Waals surface area contributed by atoms with Gasteiger partial charge < -0.3 is 9.90 Å². The van der Waals surface area contributed by atoms with Crippen molar-refractivity contribution < 1.29 is 14.7 Å². The molecule has 0 bridgehead atoms. The number of benzene rings is 2. The molecule has 27 heavy (non-hydrogen) atoms. The van der Waals surface area contributed by atoms with Crippen molar-refractivity contribution in [3.63, 3.8) is 0 Å². The van der Waals surface area contributed by atoms with Crippen molar-refractivity contribution in [2.24, 2.45) is 5.10 Å². The lowest BCUT2D eigenvalue weighted by Crippen LogP contribution is -2.28. The zero-order valence-corrected chi connectivity index (χ0v) is 15.4. The van der Waals surface area contributed by atoms with Gasteiger partial charge in [0.15, 0.2) is 0 Å². The zero-order valence-electron chi connectivity index (χ0n) is 15.4. The van der Waals surface area contributed by atoms with E-state index in [2.05, 4.69) is 36.3 Å². The predicted molar refractivity (Wildman–Crippen MR) is 102 cm³/mol. The minimum atomic E-state index is -1.13. The van der Waals surface area contributed by atoms with Gasteiger partial charge in [-0.15, -0.1) is 0 Å². The Labute approximate surface area is 159 Å². The summed E-state index contributed by atoms with van der Waals surface area (Å²) in [5.41, 5.74) is 4.15. The molecule has 2 aromatic carbocycles. The van der Waals surface area contributed by atoms with Crippen LogP contribution >= 0.6 is 0 Å². The van der Waals surface area contributed by atoms with E-state index in [9.17, 15) is 14.7 Å². The van der Waals surface area contributed by atoms with Gasteiger partial charge in [-0.05, 0) is 36.0 Å². The van der Waals surface area contributed by atoms with E-state index in [1.54, 1.807) is 0 Å². The average molecular weight is 363 g/mol. The van der Waals surface area contributed by atoms with Crippen LogP contribution in [0.1, 0.15) is 55.3 Å². The van der Waals surface area contributed by atoms with E-state index < -0.39 is 5.97 Å². The lowest BCUT2D eigenvalue weighted by Gasteiger charge is -2.22. The van der Waals surface area contributed by atoms with Crippen molar-refractivity contribution in [1.29, 1.82) is 0 Å². The molecule has 0 aliphatic carbocycles. The van der Waals surface area contributed by atoms with Crippen molar-refractivity contribution >= 4 is 17.6 Å². The number of aryl methyl sites for hydroxylation is 1. The highest BCUT2D eigenvalue weighted by Crippen LogP contribution is 2.33. The summed E-state index contributed by atoms with van der Waals surface area (Å²) in [5, 5.41) is 16.7. The molecule has 140 valence electrons. The number of hydrazone groups is 1. The van der Waals surface area contributed by atoms with E-state index >= 15 is 0 Å². The molecule has 0 unspecified atom stereocenters. The number of amides is 1. The van der Waals surface area contributed by atoms with Gasteiger partial charge in [-0.1, -0.05) is 61.5 Å². The molecular formula is C22H23N2O3-. The topological polar surface area (TPSA) is 72.8 Å². The summed E-state index contributed by atoms with van der Waals surface area (Å²) in [7, 11) is 0. The van der Waals surface area contributed by atoms with Crippen LogP contribution in [0.25, 0.3) is 0 Å². The normalized spacial score (nSPS) is 16.3. The van der Waals surface area contributed by atoms with E-state index in [1.807, 2.05) is 30.3 Å². The highest BCUT2D eigenvalue weighted by atomic mass is 16.4. The van der Waals surface area contributed by atoms with E-state index in [0.29, 0.717) is 6.42 Å². The Bertz CT molecular complexity index is 828. The molecular weight excluding hydrogens is 340 g/mol. The first-order valence-corrected chi connectivity index (χ1v) is 9.32. The van der Waals surface area contributed by atoms with Crippen molar-refractivity contribution in [2.75, 3.05) is 0 Å². The van der Waals surface area contributed by atoms with Gasteiger partial charge in [0.2, 0.25) is 5.91 Å². The molecule has 1 aliphatic rings. The van der Waals surface area contributed by atoms with Gasteiger partial charge in [-0.2, -0.15) is 5.10 Å². The summed E-state index contributed by atoms with van der Waals surface area (Å²) in [6.45, 7) is 2.11. The number of carboxylic acids is 1. The van der Waals surface area contributed by atoms with Gasteiger partial charge in [0, 0.05) is 18.8 Å². The predicted octanol–water partition coefficient (Wildman–Crippen LogP) is 2.85. The molecule has 0 aromatic heterocycles. The van der Waals surface area contributed by atoms with E-state index in [0.717, 1.165) is 23.3 Å². The van der Waals surface area contributed by atoms with E-state index in [-0.39, 0.29) is 31.2 Å². The third-order valence-corrected chi connectivity index (χ3v) is 4.82. The number of rotatable bonds is 7. The molecule has 1 aliphatic heterocycles. The van der Waals surface area contributed by atoms with Crippen molar-refractivity contribution in [3.05, 3.63) is 71.3 Å². The second-order valence-electron chi connectivity index (χ2n) is 6.69. The van der Waals surface area contributed by atoms with Crippen LogP contribution in [-0.2, 0) is 16.0 Å². The van der Waals surface area contributed by atoms with Crippen LogP contribution in [0.5, 0.6) is 0 Å². The van der Waals surface area contributed by atoms with Gasteiger partial charge in [-0.3, -0.25) is 4.79 Å². The maximum Gasteiger partial charge on any atom is 0.243 e. The first-order chi connectivity index (χ1) is 13.1. The van der Waals surface area contributed by atoms with Gasteiger partial charge in [0.25, 0.3) is 0 Å². The summed E-state index contributed by atoms with van der Waals surface area (Å²) >= 11 is 0. The number of hydrogen-bond donors (Lipinski definition) is 0. The second-order valence-corrected chi connectivity index (χ2v) is 6.69. The van der Waals surface area contributed by atoms with Crippen molar-refractivity contribution in [3.8, 4) is 0 Å². The van der Waals surface area contributed by atoms with Gasteiger partial charge in [-0.25, -0.2) is 5.01 Å². The Hall–Kier alpha value is -2.95. The molecule has 5 nitrogen and oxygen atoms in total. The summed E-state index contributed by atoms with van der Waals surface area (Å²) < 4.78 is 0. The molecule has 1 heterocycles. The van der Waals surface area contributed by atoms with Crippen molar-refractivity contribution in [1.82, 2.24) is 5.01 Å². The Kier molecular flexibility index (Phi) is 6.01. The molecule has 1 amide bonds. The molecule has 1 atom stereocenters. The first kappa shape index (κ1) is 18.8. The van der Waals surface area contributed by atoms with E-state index in [4.69, 9.17) is 0 Å². The first-order valence-electron chi connectivity index (χ1n) is 9.32. The van der Waals surface area contributed by atoms with Crippen LogP contribution in [0.4, 0.5) is 0 Å². The van der Waals surface area contributed by atoms with Crippen LogP contribution in [0.3, 0.4) is 0 Å². The SMILES string of the molecule is CCc1ccc([C@@H]2CC(c3ccccc3)=NN2C(=O)CCCC(=O)[O-])cc1. The standard InChI is InChI=1S/C22H24N2O3/c1-2-16-11-13-18(14-12-16)20-15-19(17-7-4-3-5-8-17)23-24(20)21(25)9-6-10-22(26)27/h3-5,7-8,11-14,20H,2,6,9-10,15H2,1H3,(H,26,27)/p-1/t20-/m0/s1. The largest absolute Gasteiger partial charge is 0.550 e. The fraction of sp³-hybridized carbons (Fsp3) is 0.318. The molecule has 2 aromatic rings. The zero-order chi connectivity index (χ0) is 19.2. The summed E-state index contributed by atoms with van der Waals surface area (Å²) in [6.07, 6.45) is 1.88. The highest BCUT2D eigenvalue weighted by Gasteiger charge is 2.32. The molecule has 5 heteroatoms. The number of hydrogen-bond acceptors (Lipinski definition) is 4. The van der Waals surface area contributed by atoms with Crippen LogP contribution in [-0.4, -0.2) is 22.6 Å². The molecule has 0 saturated heterocycles. The quantitative estimate of drug-likeness (QED) is 0.759. The molecule has 0 radical (unpaired) electrons. The van der Waals surface area contributed by atoms with Crippen LogP contribution < -0.4 is 5.11 Å². The number of carboxylic acid groups (broad SMARTS) is 1. The maximum absolute atomic E-state index is 12.7. The number of nitrogens with zero attached hydrogens (tertiary/aromatic N) is 2. The molecule has 0 saturated carbocycles. The number of carbonyl (C=O) groups is 2. The summed E-state index contributed by atoms with van der Waals surface area (Å²) in [5.74, 6) is -1.30. The third kappa shape index (κ3) is 4.61. The van der Waals surface area contributed by atoms with Crippen LogP contribution in [0, 0.1) is 0 Å². The maximum atomic E-state index is 12.7. The van der Waals surface area contributed by atoms with Gasteiger partial charge in [0.05, 0.1) is 11.8 Å². The van der Waals surface area contributed by atoms with Crippen molar-refractivity contribution in [2.45, 2.75) is 45.1 Å². The van der Waals surface area contributed by atoms with Gasteiger partial charge in [0.1, 0.15) is 0 Å². The van der Waals surface area contributed by atoms with Gasteiger partial charge >= 0.3 is 0 Å². The molecule has 0 fully saturated rings. The fourth-order valence-electron chi connectivity index (χ4n) is 3.28. The summed E-state index contributed by atoms with van der Waals surface area (Å²) in [6, 6.07) is 17.9. The lowest BCUT2D eigenvalue weighted by molar-refractivity contribution is -0.305. The Balaban J connectivity index is 1.83. The second kappa shape index (κ2) is 8.62. The highest BCUT2D eigenvalue weighted by molar-refractivity contribution is 6.03. The molecule has 3 rings (SSSR count). The van der Waals surface area contributed by atoms with Crippen LogP contribution in [0.2, 0.25) is 0 Å². The Morgan fingerprint density at radius 2 is 1.78 bits per heavy atom. The average Bonchev–Trinajstić information content (AvgIpc) is 3.14. The number of carbonyl (C=O) groups excluding carboxylic acids is 2. The van der Waals surface area contributed by atoms with Crippen LogP contribution in [0.15, 0.2) is 59.7 Å². The number of aliphatic carboxylic acids is 1. The molecule has 0 N–H and O–H groups in total. The summed E-state index contributed by atoms with van der Waals surface area (Å²) in [4.78, 5) is 23.3. The Morgan fingerprint density at radius 3 is 2.41 bits per heavy atom.